The summed E-state index contributed by atoms with van der Waals surface area (Å²) in [4.78, 5) is 11.8. The molecule has 0 spiro atoms. The number of sulfonamides is 1. The van der Waals surface area contributed by atoms with Crippen molar-refractivity contribution in [3.05, 3.63) is 11.5 Å². The van der Waals surface area contributed by atoms with E-state index in [4.69, 9.17) is 9.26 Å². The summed E-state index contributed by atoms with van der Waals surface area (Å²) in [6.45, 7) is 3.41. The molecule has 0 bridgehead atoms. The Labute approximate surface area is 117 Å². The van der Waals surface area contributed by atoms with Crippen molar-refractivity contribution < 1.29 is 22.5 Å². The second-order valence-electron chi connectivity index (χ2n) is 4.80. The second-order valence-corrected chi connectivity index (χ2v) is 6.63. The Bertz CT molecular complexity index is 588. The first kappa shape index (κ1) is 15.0. The molecule has 20 heavy (non-hydrogen) atoms. The van der Waals surface area contributed by atoms with Crippen LogP contribution in [-0.4, -0.2) is 43.5 Å². The fourth-order valence-corrected chi connectivity index (χ4v) is 4.47. The number of rotatable bonds is 3. The van der Waals surface area contributed by atoms with Crippen molar-refractivity contribution in [3.63, 3.8) is 0 Å². The third-order valence-electron chi connectivity index (χ3n) is 3.46. The van der Waals surface area contributed by atoms with Gasteiger partial charge in [-0.2, -0.15) is 4.31 Å². The summed E-state index contributed by atoms with van der Waals surface area (Å²) in [7, 11) is -2.55. The molecule has 0 saturated carbocycles. The number of carbonyl (C=O) groups excluding carboxylic acids is 1. The summed E-state index contributed by atoms with van der Waals surface area (Å²) in [5.74, 6) is -0.295. The maximum atomic E-state index is 12.7. The van der Waals surface area contributed by atoms with Crippen LogP contribution in [0.15, 0.2) is 9.42 Å². The second kappa shape index (κ2) is 5.53. The Kier molecular flexibility index (Phi) is 4.14. The first-order valence-corrected chi connectivity index (χ1v) is 7.86. The van der Waals surface area contributed by atoms with Crippen LogP contribution < -0.4 is 0 Å². The van der Waals surface area contributed by atoms with Gasteiger partial charge < -0.3 is 9.26 Å². The van der Waals surface area contributed by atoms with Crippen molar-refractivity contribution in [2.75, 3.05) is 13.7 Å². The molecule has 2 heterocycles. The molecule has 0 amide bonds. The Balaban J connectivity index is 2.44. The van der Waals surface area contributed by atoms with Gasteiger partial charge in [-0.1, -0.05) is 5.16 Å². The predicted octanol–water partition coefficient (Wildman–Crippen LogP) is 1.01. The Morgan fingerprint density at radius 2 is 2.10 bits per heavy atom. The van der Waals surface area contributed by atoms with Crippen LogP contribution in [0.4, 0.5) is 0 Å². The molecule has 1 unspecified atom stereocenters. The minimum atomic E-state index is -3.81. The maximum absolute atomic E-state index is 12.7. The number of ether oxygens (including phenoxy) is 1. The van der Waals surface area contributed by atoms with Gasteiger partial charge in [0, 0.05) is 6.54 Å². The number of methoxy groups -OCH3 is 1. The first-order valence-electron chi connectivity index (χ1n) is 6.42. The van der Waals surface area contributed by atoms with Crippen molar-refractivity contribution in [1.29, 1.82) is 0 Å². The fourth-order valence-electron chi connectivity index (χ4n) is 2.52. The number of nitrogens with zero attached hydrogens (tertiary/aromatic N) is 2. The van der Waals surface area contributed by atoms with E-state index in [1.54, 1.807) is 13.8 Å². The number of hydrogen-bond acceptors (Lipinski definition) is 6. The molecule has 0 aliphatic carbocycles. The minimum absolute atomic E-state index is 0.0494. The van der Waals surface area contributed by atoms with Crippen LogP contribution in [0.1, 0.15) is 30.7 Å². The third-order valence-corrected chi connectivity index (χ3v) is 5.61. The largest absolute Gasteiger partial charge is 0.468 e. The van der Waals surface area contributed by atoms with E-state index >= 15 is 0 Å². The third kappa shape index (κ3) is 2.45. The lowest BCUT2D eigenvalue weighted by molar-refractivity contribution is -0.146. The SMILES string of the molecule is COC(=O)C1CCCCN1S(=O)(=O)c1c(C)noc1C. The van der Waals surface area contributed by atoms with Crippen LogP contribution in [-0.2, 0) is 19.6 Å². The van der Waals surface area contributed by atoms with Gasteiger partial charge in [0.15, 0.2) is 5.76 Å². The fraction of sp³-hybridized carbons (Fsp3) is 0.667. The van der Waals surface area contributed by atoms with E-state index in [1.165, 1.54) is 11.4 Å². The number of aromatic nitrogens is 1. The highest BCUT2D eigenvalue weighted by atomic mass is 32.2. The molecule has 1 saturated heterocycles. The molecular formula is C12H18N2O5S. The van der Waals surface area contributed by atoms with Crippen LogP contribution in [0, 0.1) is 13.8 Å². The van der Waals surface area contributed by atoms with Gasteiger partial charge in [0.25, 0.3) is 0 Å². The van der Waals surface area contributed by atoms with E-state index in [2.05, 4.69) is 5.16 Å². The molecule has 1 aromatic heterocycles. The van der Waals surface area contributed by atoms with E-state index in [0.717, 1.165) is 12.8 Å². The quantitative estimate of drug-likeness (QED) is 0.774. The standard InChI is InChI=1S/C12H18N2O5S/c1-8-11(9(2)19-13-8)20(16,17)14-7-5-4-6-10(14)12(15)18-3/h10H,4-7H2,1-3H3. The average Bonchev–Trinajstić information content (AvgIpc) is 2.77. The molecule has 1 aromatic rings. The summed E-state index contributed by atoms with van der Waals surface area (Å²) < 4.78 is 36.3. The van der Waals surface area contributed by atoms with E-state index < -0.39 is 22.0 Å². The van der Waals surface area contributed by atoms with Crippen LogP contribution in [0.3, 0.4) is 0 Å². The molecule has 1 aliphatic rings. The number of aryl methyl sites for hydroxylation is 2. The average molecular weight is 302 g/mol. The lowest BCUT2D eigenvalue weighted by atomic mass is 10.1. The summed E-state index contributed by atoms with van der Waals surface area (Å²) in [6, 6.07) is -0.771. The van der Waals surface area contributed by atoms with Crippen molar-refractivity contribution in [2.45, 2.75) is 44.0 Å². The van der Waals surface area contributed by atoms with Crippen LogP contribution in [0.5, 0.6) is 0 Å². The van der Waals surface area contributed by atoms with Gasteiger partial charge in [-0.3, -0.25) is 4.79 Å². The molecule has 8 heteroatoms. The van der Waals surface area contributed by atoms with Crippen LogP contribution in [0.25, 0.3) is 0 Å². The van der Waals surface area contributed by atoms with Gasteiger partial charge in [0.1, 0.15) is 16.6 Å². The molecule has 7 nitrogen and oxygen atoms in total. The smallest absolute Gasteiger partial charge is 0.324 e. The highest BCUT2D eigenvalue weighted by Gasteiger charge is 2.40. The highest BCUT2D eigenvalue weighted by molar-refractivity contribution is 7.89. The van der Waals surface area contributed by atoms with Crippen molar-refractivity contribution in [2.24, 2.45) is 0 Å². The van der Waals surface area contributed by atoms with E-state index in [-0.39, 0.29) is 10.7 Å². The van der Waals surface area contributed by atoms with E-state index in [9.17, 15) is 13.2 Å². The van der Waals surface area contributed by atoms with Gasteiger partial charge in [-0.05, 0) is 33.1 Å². The topological polar surface area (TPSA) is 89.7 Å². The van der Waals surface area contributed by atoms with Gasteiger partial charge in [-0.15, -0.1) is 0 Å². The molecule has 0 aromatic carbocycles. The first-order chi connectivity index (χ1) is 9.39. The van der Waals surface area contributed by atoms with E-state index in [0.29, 0.717) is 18.7 Å². The monoisotopic (exact) mass is 302 g/mol. The lowest BCUT2D eigenvalue weighted by Gasteiger charge is -2.32. The van der Waals surface area contributed by atoms with Crippen LogP contribution >= 0.6 is 0 Å². The number of carbonyl (C=O) groups is 1. The Hall–Kier alpha value is -1.41. The predicted molar refractivity (Wildman–Crippen MR) is 69.5 cm³/mol. The van der Waals surface area contributed by atoms with Gasteiger partial charge in [0.2, 0.25) is 10.0 Å². The minimum Gasteiger partial charge on any atom is -0.468 e. The molecule has 1 fully saturated rings. The van der Waals surface area contributed by atoms with Gasteiger partial charge in [-0.25, -0.2) is 8.42 Å². The van der Waals surface area contributed by atoms with E-state index in [1.807, 2.05) is 0 Å². The zero-order chi connectivity index (χ0) is 14.9. The molecule has 112 valence electrons. The number of esters is 1. The summed E-state index contributed by atoms with van der Waals surface area (Å²) in [5.41, 5.74) is 0.302. The Morgan fingerprint density at radius 3 is 2.65 bits per heavy atom. The molecule has 1 atom stereocenters. The number of hydrogen-bond donors (Lipinski definition) is 0. The van der Waals surface area contributed by atoms with Gasteiger partial charge in [0.05, 0.1) is 7.11 Å². The summed E-state index contributed by atoms with van der Waals surface area (Å²) in [6.07, 6.45) is 1.98. The zero-order valence-electron chi connectivity index (χ0n) is 11.7. The maximum Gasteiger partial charge on any atom is 0.324 e. The Morgan fingerprint density at radius 1 is 1.40 bits per heavy atom. The molecule has 0 radical (unpaired) electrons. The normalized spacial score (nSPS) is 20.9. The van der Waals surface area contributed by atoms with Gasteiger partial charge >= 0.3 is 5.97 Å². The van der Waals surface area contributed by atoms with Crippen molar-refractivity contribution in [1.82, 2.24) is 9.46 Å². The van der Waals surface area contributed by atoms with Crippen LogP contribution in [0.2, 0.25) is 0 Å². The molecule has 1 aliphatic heterocycles. The number of piperidine rings is 1. The summed E-state index contributed by atoms with van der Waals surface area (Å²) in [5, 5.41) is 3.67. The highest BCUT2D eigenvalue weighted by Crippen LogP contribution is 2.29. The molecule has 0 N–H and O–H groups in total. The van der Waals surface area contributed by atoms with Crippen molar-refractivity contribution in [3.8, 4) is 0 Å². The molecule has 2 rings (SSSR count). The summed E-state index contributed by atoms with van der Waals surface area (Å²) >= 11 is 0. The zero-order valence-corrected chi connectivity index (χ0v) is 12.6. The lowest BCUT2D eigenvalue weighted by Crippen LogP contribution is -2.48. The van der Waals surface area contributed by atoms with Crippen molar-refractivity contribution >= 4 is 16.0 Å². The molecular weight excluding hydrogens is 284 g/mol.